The minimum atomic E-state index is 0.503. The van der Waals surface area contributed by atoms with Gasteiger partial charge in [0.15, 0.2) is 11.6 Å². The molecular formula is C16H23N5O2. The molecule has 1 aromatic carbocycles. The van der Waals surface area contributed by atoms with Crippen LogP contribution in [0.25, 0.3) is 0 Å². The van der Waals surface area contributed by atoms with Gasteiger partial charge in [-0.3, -0.25) is 0 Å². The van der Waals surface area contributed by atoms with Crippen molar-refractivity contribution >= 4 is 23.0 Å². The fraction of sp³-hybridized carbons (Fsp3) is 0.375. The van der Waals surface area contributed by atoms with Crippen molar-refractivity contribution in [3.63, 3.8) is 0 Å². The molecule has 7 nitrogen and oxygen atoms in total. The van der Waals surface area contributed by atoms with Crippen LogP contribution in [0.1, 0.15) is 0 Å². The summed E-state index contributed by atoms with van der Waals surface area (Å²) in [7, 11) is 3.33. The second kappa shape index (κ2) is 8.92. The number of methoxy groups -OCH3 is 2. The molecule has 1 aromatic heterocycles. The van der Waals surface area contributed by atoms with E-state index < -0.39 is 0 Å². The van der Waals surface area contributed by atoms with Gasteiger partial charge in [0.2, 0.25) is 0 Å². The zero-order valence-electron chi connectivity index (χ0n) is 13.5. The first-order chi connectivity index (χ1) is 11.3. The van der Waals surface area contributed by atoms with Crippen molar-refractivity contribution in [1.29, 1.82) is 0 Å². The number of nitrogens with one attached hydrogen (secondary N) is 1. The van der Waals surface area contributed by atoms with E-state index in [-0.39, 0.29) is 0 Å². The van der Waals surface area contributed by atoms with Crippen molar-refractivity contribution in [2.45, 2.75) is 0 Å². The normalized spacial score (nSPS) is 10.5. The Hall–Kier alpha value is -2.38. The number of benzene rings is 1. The van der Waals surface area contributed by atoms with Crippen LogP contribution >= 0.6 is 0 Å². The van der Waals surface area contributed by atoms with Gasteiger partial charge in [0.25, 0.3) is 0 Å². The average Bonchev–Trinajstić information content (AvgIpc) is 2.58. The van der Waals surface area contributed by atoms with Gasteiger partial charge in [-0.05, 0) is 12.1 Å². The molecule has 0 aliphatic heterocycles. The molecule has 124 valence electrons. The first-order valence-corrected chi connectivity index (χ1v) is 7.41. The Morgan fingerprint density at radius 2 is 1.70 bits per heavy atom. The van der Waals surface area contributed by atoms with E-state index in [1.807, 2.05) is 35.2 Å². The number of anilines is 4. The van der Waals surface area contributed by atoms with Gasteiger partial charge in [0, 0.05) is 33.0 Å². The zero-order chi connectivity index (χ0) is 16.5. The molecule has 0 saturated heterocycles. The van der Waals surface area contributed by atoms with Crippen LogP contribution < -0.4 is 16.0 Å². The number of aromatic nitrogens is 2. The number of nitrogens with zero attached hydrogens (tertiary/aromatic N) is 3. The molecule has 3 N–H and O–H groups in total. The molecule has 0 fully saturated rings. The van der Waals surface area contributed by atoms with E-state index in [1.165, 1.54) is 6.33 Å². The molecule has 1 heterocycles. The van der Waals surface area contributed by atoms with Crippen LogP contribution in [0, 0.1) is 0 Å². The van der Waals surface area contributed by atoms with Gasteiger partial charge in [-0.1, -0.05) is 18.2 Å². The predicted octanol–water partition coefficient (Wildman–Crippen LogP) is 1.90. The van der Waals surface area contributed by atoms with E-state index in [2.05, 4.69) is 15.3 Å². The second-order valence-electron chi connectivity index (χ2n) is 4.92. The summed E-state index contributed by atoms with van der Waals surface area (Å²) >= 11 is 0. The van der Waals surface area contributed by atoms with E-state index in [0.717, 1.165) is 5.69 Å². The summed E-state index contributed by atoms with van der Waals surface area (Å²) in [6.07, 6.45) is 1.50. The highest BCUT2D eigenvalue weighted by Gasteiger charge is 2.15. The molecule has 0 aliphatic carbocycles. The Kier molecular flexibility index (Phi) is 6.58. The third kappa shape index (κ3) is 4.80. The summed E-state index contributed by atoms with van der Waals surface area (Å²) in [6, 6.07) is 9.76. The van der Waals surface area contributed by atoms with Crippen LogP contribution in [0.4, 0.5) is 23.0 Å². The number of nitrogen functional groups attached to an aromatic ring is 1. The zero-order valence-corrected chi connectivity index (χ0v) is 13.5. The van der Waals surface area contributed by atoms with E-state index in [9.17, 15) is 0 Å². The third-order valence-electron chi connectivity index (χ3n) is 3.33. The van der Waals surface area contributed by atoms with Crippen molar-refractivity contribution < 1.29 is 9.47 Å². The van der Waals surface area contributed by atoms with E-state index >= 15 is 0 Å². The van der Waals surface area contributed by atoms with Gasteiger partial charge >= 0.3 is 0 Å². The van der Waals surface area contributed by atoms with Crippen molar-refractivity contribution in [3.8, 4) is 0 Å². The smallest absolute Gasteiger partial charge is 0.159 e. The van der Waals surface area contributed by atoms with Crippen LogP contribution in [-0.4, -0.2) is 50.5 Å². The maximum Gasteiger partial charge on any atom is 0.159 e. The molecule has 7 heteroatoms. The lowest BCUT2D eigenvalue weighted by Gasteiger charge is -2.25. The lowest BCUT2D eigenvalue weighted by molar-refractivity contribution is 0.190. The van der Waals surface area contributed by atoms with Gasteiger partial charge < -0.3 is 25.4 Å². The number of para-hydroxylation sites is 1. The lowest BCUT2D eigenvalue weighted by Crippen LogP contribution is -2.32. The largest absolute Gasteiger partial charge is 0.393 e. The highest BCUT2D eigenvalue weighted by atomic mass is 16.5. The highest BCUT2D eigenvalue weighted by Crippen LogP contribution is 2.28. The summed E-state index contributed by atoms with van der Waals surface area (Å²) < 4.78 is 10.3. The van der Waals surface area contributed by atoms with Gasteiger partial charge in [0.1, 0.15) is 12.0 Å². The number of rotatable bonds is 9. The first-order valence-electron chi connectivity index (χ1n) is 7.41. The van der Waals surface area contributed by atoms with Crippen LogP contribution in [0.5, 0.6) is 0 Å². The fourth-order valence-corrected chi connectivity index (χ4v) is 2.12. The van der Waals surface area contributed by atoms with Gasteiger partial charge in [0.05, 0.1) is 13.2 Å². The van der Waals surface area contributed by atoms with E-state index in [0.29, 0.717) is 43.6 Å². The molecule has 0 unspecified atom stereocenters. The van der Waals surface area contributed by atoms with Gasteiger partial charge in [-0.2, -0.15) is 0 Å². The standard InChI is InChI=1S/C16H23N5O2/c1-22-10-8-21(9-11-23-2)16-14(17)15(18-12-19-16)20-13-6-4-3-5-7-13/h3-7,12H,8-11,17H2,1-2H3,(H,18,19,20). The van der Waals surface area contributed by atoms with Crippen LogP contribution in [-0.2, 0) is 9.47 Å². The maximum atomic E-state index is 6.26. The molecule has 0 atom stereocenters. The molecule has 0 aliphatic rings. The Morgan fingerprint density at radius 1 is 1.04 bits per heavy atom. The Morgan fingerprint density at radius 3 is 2.30 bits per heavy atom. The molecule has 23 heavy (non-hydrogen) atoms. The molecule has 0 radical (unpaired) electrons. The van der Waals surface area contributed by atoms with Gasteiger partial charge in [-0.25, -0.2) is 9.97 Å². The molecule has 0 amide bonds. The monoisotopic (exact) mass is 317 g/mol. The quantitative estimate of drug-likeness (QED) is 0.730. The molecule has 2 aromatic rings. The highest BCUT2D eigenvalue weighted by molar-refractivity contribution is 5.78. The number of ether oxygens (including phenoxy) is 2. The molecule has 2 rings (SSSR count). The number of nitrogens with two attached hydrogens (primary N) is 1. The Bertz CT molecular complexity index is 586. The molecule has 0 bridgehead atoms. The Labute approximate surface area is 136 Å². The number of hydrogen-bond donors (Lipinski definition) is 2. The molecule has 0 saturated carbocycles. The third-order valence-corrected chi connectivity index (χ3v) is 3.33. The van der Waals surface area contributed by atoms with Crippen molar-refractivity contribution in [1.82, 2.24) is 9.97 Å². The summed E-state index contributed by atoms with van der Waals surface area (Å²) in [5.74, 6) is 1.26. The van der Waals surface area contributed by atoms with Crippen LogP contribution in [0.3, 0.4) is 0 Å². The van der Waals surface area contributed by atoms with Crippen molar-refractivity contribution in [3.05, 3.63) is 36.7 Å². The van der Waals surface area contributed by atoms with E-state index in [1.54, 1.807) is 14.2 Å². The van der Waals surface area contributed by atoms with E-state index in [4.69, 9.17) is 15.2 Å². The lowest BCUT2D eigenvalue weighted by atomic mass is 10.3. The molecule has 0 spiro atoms. The van der Waals surface area contributed by atoms with Gasteiger partial charge in [-0.15, -0.1) is 0 Å². The summed E-state index contributed by atoms with van der Waals surface area (Å²) in [6.45, 7) is 2.50. The Balaban J connectivity index is 2.21. The minimum Gasteiger partial charge on any atom is -0.393 e. The SMILES string of the molecule is COCCN(CCOC)c1ncnc(Nc2ccccc2)c1N. The second-order valence-corrected chi connectivity index (χ2v) is 4.92. The summed E-state index contributed by atoms with van der Waals surface area (Å²) in [5, 5.41) is 3.21. The topological polar surface area (TPSA) is 85.5 Å². The summed E-state index contributed by atoms with van der Waals surface area (Å²) in [5.41, 5.74) is 7.69. The minimum absolute atomic E-state index is 0.503. The predicted molar refractivity (Wildman–Crippen MR) is 92.1 cm³/mol. The first kappa shape index (κ1) is 17.0. The maximum absolute atomic E-state index is 6.26. The van der Waals surface area contributed by atoms with Crippen LogP contribution in [0.15, 0.2) is 36.7 Å². The number of hydrogen-bond acceptors (Lipinski definition) is 7. The fourth-order valence-electron chi connectivity index (χ4n) is 2.12. The molecular weight excluding hydrogens is 294 g/mol. The average molecular weight is 317 g/mol. The van der Waals surface area contributed by atoms with Crippen molar-refractivity contribution in [2.75, 3.05) is 56.5 Å². The van der Waals surface area contributed by atoms with Crippen LogP contribution in [0.2, 0.25) is 0 Å². The van der Waals surface area contributed by atoms with Crippen molar-refractivity contribution in [2.24, 2.45) is 0 Å². The summed E-state index contributed by atoms with van der Waals surface area (Å²) in [4.78, 5) is 10.6.